The maximum Gasteiger partial charge on any atom is 0.256 e. The average Bonchev–Trinajstić information content (AvgIpc) is 3.00. The van der Waals surface area contributed by atoms with Crippen LogP contribution in [0.1, 0.15) is 47.2 Å². The Kier molecular flexibility index (Phi) is 4.77. The smallest absolute Gasteiger partial charge is 0.256 e. The van der Waals surface area contributed by atoms with Gasteiger partial charge in [0.2, 0.25) is 0 Å². The van der Waals surface area contributed by atoms with E-state index in [9.17, 15) is 9.18 Å². The molecule has 4 rings (SSSR count). The Morgan fingerprint density at radius 2 is 1.63 bits per heavy atom. The van der Waals surface area contributed by atoms with Gasteiger partial charge in [0.05, 0.1) is 5.56 Å². The van der Waals surface area contributed by atoms with Crippen molar-refractivity contribution >= 4 is 5.91 Å². The van der Waals surface area contributed by atoms with Gasteiger partial charge in [-0.25, -0.2) is 4.39 Å². The number of rotatable bonds is 3. The first kappa shape index (κ1) is 18.2. The third-order valence-electron chi connectivity index (χ3n) is 6.36. The fourth-order valence-corrected chi connectivity index (χ4v) is 4.49. The minimum absolute atomic E-state index is 0.163. The van der Waals surface area contributed by atoms with Crippen molar-refractivity contribution in [2.45, 2.75) is 57.7 Å². The van der Waals surface area contributed by atoms with Crippen LogP contribution in [0, 0.1) is 19.7 Å². The molecule has 27 heavy (non-hydrogen) atoms. The van der Waals surface area contributed by atoms with Crippen molar-refractivity contribution in [2.75, 3.05) is 7.05 Å². The molecule has 4 heteroatoms. The standard InChI is InChI=1S/C23H27FN2O/c1-14-4-5-16(10-15(14)2)17-6-9-21(22(24)11-17)23(27)26(3)20-12-18-7-8-19(13-20)25-18/h4-6,9-11,18-20,25H,7-8,12-13H2,1-3H3. The predicted molar refractivity (Wildman–Crippen MR) is 106 cm³/mol. The molecule has 2 heterocycles. The van der Waals surface area contributed by atoms with E-state index in [2.05, 4.69) is 18.3 Å². The van der Waals surface area contributed by atoms with Gasteiger partial charge in [-0.15, -0.1) is 0 Å². The zero-order valence-electron chi connectivity index (χ0n) is 16.3. The van der Waals surface area contributed by atoms with Crippen LogP contribution in [0.2, 0.25) is 0 Å². The fourth-order valence-electron chi connectivity index (χ4n) is 4.49. The summed E-state index contributed by atoms with van der Waals surface area (Å²) >= 11 is 0. The van der Waals surface area contributed by atoms with Gasteiger partial charge in [-0.2, -0.15) is 0 Å². The lowest BCUT2D eigenvalue weighted by Crippen LogP contribution is -2.48. The summed E-state index contributed by atoms with van der Waals surface area (Å²) in [7, 11) is 1.81. The van der Waals surface area contributed by atoms with Crippen molar-refractivity contribution < 1.29 is 9.18 Å². The molecular formula is C23H27FN2O. The number of nitrogens with one attached hydrogen (secondary N) is 1. The number of halogens is 1. The minimum atomic E-state index is -0.445. The molecule has 0 aromatic heterocycles. The van der Waals surface area contributed by atoms with Crippen LogP contribution in [0.4, 0.5) is 4.39 Å². The SMILES string of the molecule is Cc1ccc(-c2ccc(C(=O)N(C)C3CC4CCC(C3)N4)c(F)c2)cc1C. The number of aryl methyl sites for hydroxylation is 2. The highest BCUT2D eigenvalue weighted by atomic mass is 19.1. The van der Waals surface area contributed by atoms with Gasteiger partial charge >= 0.3 is 0 Å². The van der Waals surface area contributed by atoms with Crippen LogP contribution < -0.4 is 5.32 Å². The van der Waals surface area contributed by atoms with Crippen LogP contribution in [-0.2, 0) is 0 Å². The zero-order valence-corrected chi connectivity index (χ0v) is 16.3. The molecular weight excluding hydrogens is 339 g/mol. The molecule has 1 amide bonds. The number of piperidine rings is 1. The summed E-state index contributed by atoms with van der Waals surface area (Å²) in [5.41, 5.74) is 4.32. The number of hydrogen-bond acceptors (Lipinski definition) is 2. The molecule has 2 fully saturated rings. The van der Waals surface area contributed by atoms with Gasteiger partial charge in [-0.1, -0.05) is 24.3 Å². The summed E-state index contributed by atoms with van der Waals surface area (Å²) in [5, 5.41) is 3.59. The molecule has 2 aliphatic heterocycles. The van der Waals surface area contributed by atoms with Gasteiger partial charge in [0.1, 0.15) is 5.82 Å². The average molecular weight is 366 g/mol. The molecule has 1 N–H and O–H groups in total. The molecule has 0 spiro atoms. The van der Waals surface area contributed by atoms with E-state index in [1.807, 2.05) is 32.2 Å². The lowest BCUT2D eigenvalue weighted by Gasteiger charge is -2.35. The monoisotopic (exact) mass is 366 g/mol. The summed E-state index contributed by atoms with van der Waals surface area (Å²) in [6.45, 7) is 4.11. The number of carbonyl (C=O) groups is 1. The Morgan fingerprint density at radius 1 is 1.00 bits per heavy atom. The molecule has 2 bridgehead atoms. The van der Waals surface area contributed by atoms with Crippen LogP contribution in [0.25, 0.3) is 11.1 Å². The lowest BCUT2D eigenvalue weighted by molar-refractivity contribution is 0.0677. The highest BCUT2D eigenvalue weighted by molar-refractivity contribution is 5.95. The molecule has 0 radical (unpaired) electrons. The van der Waals surface area contributed by atoms with E-state index in [-0.39, 0.29) is 17.5 Å². The van der Waals surface area contributed by atoms with Crippen molar-refractivity contribution in [1.29, 1.82) is 0 Å². The number of hydrogen-bond donors (Lipinski definition) is 1. The predicted octanol–water partition coefficient (Wildman–Crippen LogP) is 4.46. The molecule has 2 saturated heterocycles. The second kappa shape index (κ2) is 7.08. The van der Waals surface area contributed by atoms with Crippen molar-refractivity contribution in [3.63, 3.8) is 0 Å². The first-order chi connectivity index (χ1) is 12.9. The Morgan fingerprint density at radius 3 is 2.26 bits per heavy atom. The highest BCUT2D eigenvalue weighted by Crippen LogP contribution is 2.30. The molecule has 2 unspecified atom stereocenters. The Hall–Kier alpha value is -2.20. The molecule has 2 aromatic carbocycles. The van der Waals surface area contributed by atoms with Crippen LogP contribution in [0.15, 0.2) is 36.4 Å². The highest BCUT2D eigenvalue weighted by Gasteiger charge is 2.36. The Balaban J connectivity index is 1.55. The van der Waals surface area contributed by atoms with Crippen molar-refractivity contribution in [3.8, 4) is 11.1 Å². The second-order valence-corrected chi connectivity index (χ2v) is 8.17. The minimum Gasteiger partial charge on any atom is -0.339 e. The summed E-state index contributed by atoms with van der Waals surface area (Å²) in [6, 6.07) is 12.3. The zero-order chi connectivity index (χ0) is 19.1. The summed E-state index contributed by atoms with van der Waals surface area (Å²) < 4.78 is 14.8. The van der Waals surface area contributed by atoms with E-state index in [1.165, 1.54) is 30.0 Å². The summed E-state index contributed by atoms with van der Waals surface area (Å²) in [5.74, 6) is -0.662. The summed E-state index contributed by atoms with van der Waals surface area (Å²) in [4.78, 5) is 14.7. The van der Waals surface area contributed by atoms with Crippen molar-refractivity contribution in [2.24, 2.45) is 0 Å². The van der Waals surface area contributed by atoms with Crippen LogP contribution >= 0.6 is 0 Å². The number of nitrogens with zero attached hydrogens (tertiary/aromatic N) is 1. The molecule has 3 nitrogen and oxygen atoms in total. The molecule has 2 aromatic rings. The maximum atomic E-state index is 14.8. The van der Waals surface area contributed by atoms with Crippen LogP contribution in [-0.4, -0.2) is 36.0 Å². The van der Waals surface area contributed by atoms with E-state index in [0.717, 1.165) is 24.0 Å². The number of fused-ring (bicyclic) bond motifs is 2. The van der Waals surface area contributed by atoms with E-state index < -0.39 is 5.82 Å². The van der Waals surface area contributed by atoms with Crippen LogP contribution in [0.5, 0.6) is 0 Å². The van der Waals surface area contributed by atoms with E-state index in [0.29, 0.717) is 12.1 Å². The van der Waals surface area contributed by atoms with Gasteiger partial charge in [0.15, 0.2) is 0 Å². The number of carbonyl (C=O) groups excluding carboxylic acids is 1. The maximum absolute atomic E-state index is 14.8. The molecule has 2 atom stereocenters. The van der Waals surface area contributed by atoms with Gasteiger partial charge in [0.25, 0.3) is 5.91 Å². The lowest BCUT2D eigenvalue weighted by atomic mass is 9.97. The van der Waals surface area contributed by atoms with E-state index in [4.69, 9.17) is 0 Å². The van der Waals surface area contributed by atoms with Gasteiger partial charge in [-0.3, -0.25) is 4.79 Å². The topological polar surface area (TPSA) is 32.3 Å². The summed E-state index contributed by atoms with van der Waals surface area (Å²) in [6.07, 6.45) is 4.28. The van der Waals surface area contributed by atoms with Crippen molar-refractivity contribution in [1.82, 2.24) is 10.2 Å². The fraction of sp³-hybridized carbons (Fsp3) is 0.435. The first-order valence-electron chi connectivity index (χ1n) is 9.83. The van der Waals surface area contributed by atoms with Gasteiger partial charge in [-0.05, 0) is 73.9 Å². The molecule has 0 aliphatic carbocycles. The molecule has 2 aliphatic rings. The third-order valence-corrected chi connectivity index (χ3v) is 6.36. The van der Waals surface area contributed by atoms with Crippen molar-refractivity contribution in [3.05, 3.63) is 58.9 Å². The van der Waals surface area contributed by atoms with Gasteiger partial charge in [0, 0.05) is 25.2 Å². The van der Waals surface area contributed by atoms with E-state index >= 15 is 0 Å². The third kappa shape index (κ3) is 3.51. The molecule has 0 saturated carbocycles. The quantitative estimate of drug-likeness (QED) is 0.870. The van der Waals surface area contributed by atoms with E-state index in [1.54, 1.807) is 11.0 Å². The molecule has 142 valence electrons. The number of amides is 1. The normalized spacial score (nSPS) is 24.1. The van der Waals surface area contributed by atoms with Gasteiger partial charge < -0.3 is 10.2 Å². The number of benzene rings is 2. The van der Waals surface area contributed by atoms with Crippen LogP contribution in [0.3, 0.4) is 0 Å². The second-order valence-electron chi connectivity index (χ2n) is 8.17. The first-order valence-corrected chi connectivity index (χ1v) is 9.83. The Labute approximate surface area is 160 Å². The Bertz CT molecular complexity index is 867. The largest absolute Gasteiger partial charge is 0.339 e.